The van der Waals surface area contributed by atoms with Gasteiger partial charge in [0.2, 0.25) is 0 Å². The quantitative estimate of drug-likeness (QED) is 0.910. The first-order valence-corrected chi connectivity index (χ1v) is 8.65. The number of hydrogen-bond donors (Lipinski definition) is 1. The average molecular weight is 306 g/mol. The van der Waals surface area contributed by atoms with Gasteiger partial charge >= 0.3 is 0 Å². The van der Waals surface area contributed by atoms with Crippen molar-refractivity contribution in [2.75, 3.05) is 19.8 Å². The van der Waals surface area contributed by atoms with Crippen molar-refractivity contribution in [3.8, 4) is 0 Å². The Labute approximate surface area is 132 Å². The van der Waals surface area contributed by atoms with E-state index in [0.717, 1.165) is 30.8 Å². The number of benzene rings is 1. The molecule has 2 aliphatic carbocycles. The van der Waals surface area contributed by atoms with Gasteiger partial charge in [-0.1, -0.05) is 23.7 Å². The monoisotopic (exact) mass is 305 g/mol. The first kappa shape index (κ1) is 14.0. The van der Waals surface area contributed by atoms with Gasteiger partial charge in [-0.15, -0.1) is 0 Å². The molecule has 1 N–H and O–H groups in total. The maximum atomic E-state index is 6.24. The van der Waals surface area contributed by atoms with Gasteiger partial charge in [0.25, 0.3) is 0 Å². The van der Waals surface area contributed by atoms with Crippen molar-refractivity contribution in [2.24, 2.45) is 5.41 Å². The first-order valence-electron chi connectivity index (χ1n) is 8.27. The molecule has 4 rings (SSSR count). The SMILES string of the molecule is Clc1cccc(C2(CNC3CC3)CC3(CCOCC3)C2)c1. The largest absolute Gasteiger partial charge is 0.381 e. The summed E-state index contributed by atoms with van der Waals surface area (Å²) in [5.74, 6) is 0. The van der Waals surface area contributed by atoms with E-state index >= 15 is 0 Å². The number of halogens is 1. The Bertz CT molecular complexity index is 512. The van der Waals surface area contributed by atoms with E-state index in [1.54, 1.807) is 0 Å². The van der Waals surface area contributed by atoms with Gasteiger partial charge in [-0.2, -0.15) is 0 Å². The number of nitrogens with one attached hydrogen (secondary N) is 1. The van der Waals surface area contributed by atoms with Crippen molar-refractivity contribution < 1.29 is 4.74 Å². The molecule has 1 spiro atoms. The molecule has 3 heteroatoms. The highest BCUT2D eigenvalue weighted by atomic mass is 35.5. The minimum atomic E-state index is 0.296. The molecule has 2 saturated carbocycles. The molecule has 0 atom stereocenters. The van der Waals surface area contributed by atoms with E-state index in [0.29, 0.717) is 10.8 Å². The molecule has 0 amide bonds. The number of rotatable bonds is 4. The lowest BCUT2D eigenvalue weighted by Crippen LogP contribution is -2.56. The molecule has 3 aliphatic rings. The van der Waals surface area contributed by atoms with Crippen LogP contribution in [0.4, 0.5) is 0 Å². The highest BCUT2D eigenvalue weighted by Crippen LogP contribution is 2.60. The van der Waals surface area contributed by atoms with Crippen LogP contribution in [0.15, 0.2) is 24.3 Å². The van der Waals surface area contributed by atoms with E-state index in [1.807, 2.05) is 6.07 Å². The second-order valence-electron chi connectivity index (χ2n) is 7.41. The first-order chi connectivity index (χ1) is 10.2. The van der Waals surface area contributed by atoms with E-state index in [4.69, 9.17) is 16.3 Å². The van der Waals surface area contributed by atoms with E-state index in [1.165, 1.54) is 44.1 Å². The highest BCUT2D eigenvalue weighted by Gasteiger charge is 2.55. The lowest BCUT2D eigenvalue weighted by atomic mass is 9.48. The fraction of sp³-hybridized carbons (Fsp3) is 0.667. The standard InChI is InChI=1S/C18H24ClNO/c19-15-3-1-2-14(10-15)18(13-20-16-4-5-16)11-17(12-18)6-8-21-9-7-17/h1-3,10,16,20H,4-9,11-13H2. The van der Waals surface area contributed by atoms with Crippen LogP contribution in [-0.4, -0.2) is 25.8 Å². The summed E-state index contributed by atoms with van der Waals surface area (Å²) in [6.45, 7) is 3.00. The molecule has 0 aromatic heterocycles. The van der Waals surface area contributed by atoms with Crippen molar-refractivity contribution in [1.82, 2.24) is 5.32 Å². The summed E-state index contributed by atoms with van der Waals surface area (Å²) < 4.78 is 5.57. The zero-order valence-corrected chi connectivity index (χ0v) is 13.3. The van der Waals surface area contributed by atoms with Crippen LogP contribution in [0, 0.1) is 5.41 Å². The zero-order valence-electron chi connectivity index (χ0n) is 12.5. The average Bonchev–Trinajstić information content (AvgIpc) is 3.28. The van der Waals surface area contributed by atoms with Crippen molar-refractivity contribution in [1.29, 1.82) is 0 Å². The fourth-order valence-electron chi connectivity index (χ4n) is 4.42. The summed E-state index contributed by atoms with van der Waals surface area (Å²) in [6, 6.07) is 9.31. The third-order valence-electron chi connectivity index (χ3n) is 5.72. The summed E-state index contributed by atoms with van der Waals surface area (Å²) in [7, 11) is 0. The summed E-state index contributed by atoms with van der Waals surface area (Å²) >= 11 is 6.24. The Morgan fingerprint density at radius 3 is 2.62 bits per heavy atom. The van der Waals surface area contributed by atoms with Gasteiger partial charge in [0.15, 0.2) is 0 Å². The molecule has 114 valence electrons. The Morgan fingerprint density at radius 2 is 1.95 bits per heavy atom. The van der Waals surface area contributed by atoms with Gasteiger partial charge in [-0.3, -0.25) is 0 Å². The smallest absolute Gasteiger partial charge is 0.0471 e. The van der Waals surface area contributed by atoms with Gasteiger partial charge < -0.3 is 10.1 Å². The predicted molar refractivity (Wildman–Crippen MR) is 85.9 cm³/mol. The second-order valence-corrected chi connectivity index (χ2v) is 7.85. The molecule has 0 bridgehead atoms. The van der Waals surface area contributed by atoms with E-state index in [2.05, 4.69) is 23.5 Å². The lowest BCUT2D eigenvalue weighted by molar-refractivity contribution is -0.0738. The van der Waals surface area contributed by atoms with Gasteiger partial charge in [0, 0.05) is 36.2 Å². The Hall–Kier alpha value is -0.570. The molecule has 1 aromatic rings. The summed E-state index contributed by atoms with van der Waals surface area (Å²) in [6.07, 6.45) is 7.76. The molecular weight excluding hydrogens is 282 g/mol. The van der Waals surface area contributed by atoms with E-state index in [-0.39, 0.29) is 0 Å². The fourth-order valence-corrected chi connectivity index (χ4v) is 4.61. The normalized spacial score (nSPS) is 26.5. The highest BCUT2D eigenvalue weighted by molar-refractivity contribution is 6.30. The number of ether oxygens (including phenoxy) is 1. The van der Waals surface area contributed by atoms with Crippen molar-refractivity contribution in [3.05, 3.63) is 34.9 Å². The molecule has 3 fully saturated rings. The number of hydrogen-bond acceptors (Lipinski definition) is 2. The molecular formula is C18H24ClNO. The third-order valence-corrected chi connectivity index (χ3v) is 5.96. The minimum absolute atomic E-state index is 0.296. The van der Waals surface area contributed by atoms with Crippen LogP contribution in [0.25, 0.3) is 0 Å². The summed E-state index contributed by atoms with van der Waals surface area (Å²) in [4.78, 5) is 0. The van der Waals surface area contributed by atoms with Gasteiger partial charge in [-0.05, 0) is 61.6 Å². The van der Waals surface area contributed by atoms with Crippen LogP contribution in [0.2, 0.25) is 5.02 Å². The summed E-state index contributed by atoms with van der Waals surface area (Å²) in [5.41, 5.74) is 2.26. The maximum Gasteiger partial charge on any atom is 0.0471 e. The van der Waals surface area contributed by atoms with Crippen LogP contribution in [-0.2, 0) is 10.2 Å². The van der Waals surface area contributed by atoms with Crippen molar-refractivity contribution in [2.45, 2.75) is 50.0 Å². The second kappa shape index (κ2) is 5.26. The molecule has 21 heavy (non-hydrogen) atoms. The molecule has 0 radical (unpaired) electrons. The zero-order chi connectivity index (χ0) is 14.3. The third kappa shape index (κ3) is 2.74. The molecule has 2 nitrogen and oxygen atoms in total. The lowest BCUT2D eigenvalue weighted by Gasteiger charge is -2.58. The minimum Gasteiger partial charge on any atom is -0.381 e. The Morgan fingerprint density at radius 1 is 1.19 bits per heavy atom. The van der Waals surface area contributed by atoms with Crippen LogP contribution >= 0.6 is 11.6 Å². The van der Waals surface area contributed by atoms with Crippen molar-refractivity contribution in [3.63, 3.8) is 0 Å². The van der Waals surface area contributed by atoms with Gasteiger partial charge in [0.1, 0.15) is 0 Å². The van der Waals surface area contributed by atoms with E-state index < -0.39 is 0 Å². The van der Waals surface area contributed by atoms with Gasteiger partial charge in [-0.25, -0.2) is 0 Å². The predicted octanol–water partition coefficient (Wildman–Crippen LogP) is 3.92. The topological polar surface area (TPSA) is 21.3 Å². The molecule has 1 aromatic carbocycles. The van der Waals surface area contributed by atoms with Gasteiger partial charge in [0.05, 0.1) is 0 Å². The van der Waals surface area contributed by atoms with Crippen LogP contribution in [0.3, 0.4) is 0 Å². The van der Waals surface area contributed by atoms with Crippen LogP contribution in [0.5, 0.6) is 0 Å². The molecule has 1 saturated heterocycles. The maximum absolute atomic E-state index is 6.24. The van der Waals surface area contributed by atoms with Crippen LogP contribution in [0.1, 0.15) is 44.1 Å². The van der Waals surface area contributed by atoms with Crippen LogP contribution < -0.4 is 5.32 Å². The summed E-state index contributed by atoms with van der Waals surface area (Å²) in [5, 5.41) is 4.63. The Balaban J connectivity index is 1.55. The molecule has 1 aliphatic heterocycles. The molecule has 1 heterocycles. The molecule has 0 unspecified atom stereocenters. The van der Waals surface area contributed by atoms with E-state index in [9.17, 15) is 0 Å². The van der Waals surface area contributed by atoms with Crippen molar-refractivity contribution >= 4 is 11.6 Å². The Kier molecular flexibility index (Phi) is 3.52.